The van der Waals surface area contributed by atoms with Crippen LogP contribution >= 0.6 is 0 Å². The minimum atomic E-state index is -0.358. The first-order valence-corrected chi connectivity index (χ1v) is 12.2. The van der Waals surface area contributed by atoms with Crippen LogP contribution in [-0.2, 0) is 9.59 Å². The molecule has 1 N–H and O–H groups in total. The van der Waals surface area contributed by atoms with Crippen LogP contribution in [0.3, 0.4) is 0 Å². The molecule has 0 fully saturated rings. The molecule has 0 spiro atoms. The van der Waals surface area contributed by atoms with E-state index in [1.165, 1.54) is 0 Å². The fourth-order valence-electron chi connectivity index (χ4n) is 5.53. The van der Waals surface area contributed by atoms with E-state index in [0.717, 1.165) is 47.4 Å². The molecule has 5 heteroatoms. The molecule has 0 bridgehead atoms. The average molecular weight is 452 g/mol. The van der Waals surface area contributed by atoms with Gasteiger partial charge >= 0.3 is 0 Å². The van der Waals surface area contributed by atoms with Crippen LogP contribution in [0.2, 0.25) is 0 Å². The summed E-state index contributed by atoms with van der Waals surface area (Å²) in [7, 11) is 0. The zero-order chi connectivity index (χ0) is 24.0. The fraction of sp³-hybridized carbons (Fsp3) is 0.571. The molecule has 0 saturated carbocycles. The topological polar surface area (TPSA) is 64.6 Å². The van der Waals surface area contributed by atoms with Crippen molar-refractivity contribution in [2.75, 3.05) is 13.2 Å². The van der Waals surface area contributed by atoms with Gasteiger partial charge in [-0.15, -0.1) is 0 Å². The summed E-state index contributed by atoms with van der Waals surface area (Å²) >= 11 is 0. The highest BCUT2D eigenvalue weighted by molar-refractivity contribution is 6.06. The number of ketones is 2. The van der Waals surface area contributed by atoms with Crippen molar-refractivity contribution in [2.45, 2.75) is 79.6 Å². The summed E-state index contributed by atoms with van der Waals surface area (Å²) in [6, 6.07) is 5.89. The molecule has 2 aliphatic carbocycles. The Morgan fingerprint density at radius 1 is 0.848 bits per heavy atom. The number of carbonyl (C=O) groups is 2. The van der Waals surface area contributed by atoms with Crippen molar-refractivity contribution in [1.82, 2.24) is 5.32 Å². The second-order valence-electron chi connectivity index (χ2n) is 11.2. The summed E-state index contributed by atoms with van der Waals surface area (Å²) in [4.78, 5) is 26.9. The molecule has 0 radical (unpaired) electrons. The van der Waals surface area contributed by atoms with E-state index in [9.17, 15) is 9.59 Å². The van der Waals surface area contributed by atoms with E-state index in [2.05, 4.69) is 39.9 Å². The number of carbonyl (C=O) groups excluding carboxylic acids is 2. The Labute approximate surface area is 197 Å². The summed E-state index contributed by atoms with van der Waals surface area (Å²) in [5, 5.41) is 3.57. The van der Waals surface area contributed by atoms with Gasteiger partial charge in [0.25, 0.3) is 0 Å². The molecule has 1 heterocycles. The number of allylic oxidation sites excluding steroid dienone is 4. The molecule has 4 rings (SSSR count). The lowest BCUT2D eigenvalue weighted by Crippen LogP contribution is -2.42. The monoisotopic (exact) mass is 451 g/mol. The third-order valence-corrected chi connectivity index (χ3v) is 6.78. The van der Waals surface area contributed by atoms with Gasteiger partial charge in [-0.2, -0.15) is 0 Å². The molecule has 1 aromatic carbocycles. The average Bonchev–Trinajstić information content (AvgIpc) is 2.69. The van der Waals surface area contributed by atoms with Gasteiger partial charge in [0, 0.05) is 41.3 Å². The Bertz CT molecular complexity index is 992. The highest BCUT2D eigenvalue weighted by Gasteiger charge is 2.46. The van der Waals surface area contributed by atoms with Crippen molar-refractivity contribution in [3.8, 4) is 11.5 Å². The van der Waals surface area contributed by atoms with E-state index in [1.54, 1.807) is 0 Å². The predicted octanol–water partition coefficient (Wildman–Crippen LogP) is 5.85. The van der Waals surface area contributed by atoms with Gasteiger partial charge in [0.1, 0.15) is 0 Å². The van der Waals surface area contributed by atoms with Gasteiger partial charge in [-0.3, -0.25) is 9.59 Å². The molecule has 3 aliphatic rings. The van der Waals surface area contributed by atoms with Crippen molar-refractivity contribution >= 4 is 11.6 Å². The molecular formula is C28H37NO4. The predicted molar refractivity (Wildman–Crippen MR) is 129 cm³/mol. The fourth-order valence-corrected chi connectivity index (χ4v) is 5.53. The quantitative estimate of drug-likeness (QED) is 0.588. The van der Waals surface area contributed by atoms with Gasteiger partial charge < -0.3 is 14.8 Å². The van der Waals surface area contributed by atoms with Crippen molar-refractivity contribution in [3.05, 3.63) is 46.3 Å². The Balaban J connectivity index is 1.87. The van der Waals surface area contributed by atoms with Crippen molar-refractivity contribution in [2.24, 2.45) is 10.8 Å². The zero-order valence-corrected chi connectivity index (χ0v) is 20.9. The van der Waals surface area contributed by atoms with E-state index in [4.69, 9.17) is 9.47 Å². The smallest absolute Gasteiger partial charge is 0.162 e. The van der Waals surface area contributed by atoms with Gasteiger partial charge in [-0.05, 0) is 54.7 Å². The number of benzene rings is 1. The molecule has 178 valence electrons. The van der Waals surface area contributed by atoms with Crippen LogP contribution in [0, 0.1) is 10.8 Å². The number of hydrogen-bond donors (Lipinski definition) is 1. The minimum Gasteiger partial charge on any atom is -0.490 e. The van der Waals surface area contributed by atoms with E-state index >= 15 is 0 Å². The molecule has 1 aliphatic heterocycles. The lowest BCUT2D eigenvalue weighted by atomic mass is 9.64. The maximum Gasteiger partial charge on any atom is 0.162 e. The second kappa shape index (κ2) is 8.66. The highest BCUT2D eigenvalue weighted by Crippen LogP contribution is 2.51. The lowest BCUT2D eigenvalue weighted by Gasteiger charge is -2.44. The molecule has 0 atom stereocenters. The summed E-state index contributed by atoms with van der Waals surface area (Å²) < 4.78 is 11.8. The Hall–Kier alpha value is -2.56. The number of ether oxygens (including phenoxy) is 2. The van der Waals surface area contributed by atoms with Gasteiger partial charge in [0.15, 0.2) is 23.1 Å². The summed E-state index contributed by atoms with van der Waals surface area (Å²) in [5.41, 5.74) is 4.19. The first-order chi connectivity index (χ1) is 15.5. The zero-order valence-electron chi connectivity index (χ0n) is 20.9. The van der Waals surface area contributed by atoms with Crippen LogP contribution in [0.4, 0.5) is 0 Å². The minimum absolute atomic E-state index is 0.103. The third-order valence-electron chi connectivity index (χ3n) is 6.78. The summed E-state index contributed by atoms with van der Waals surface area (Å²) in [5.74, 6) is 1.27. The van der Waals surface area contributed by atoms with Crippen molar-refractivity contribution in [3.63, 3.8) is 0 Å². The molecule has 1 aromatic rings. The SMILES string of the molecule is CCCOc1ccc(C2C3=C(CC(C)(C)CC3=O)NC3=C2C(=O)CC(C)(C)C3)cc1OCC. The van der Waals surface area contributed by atoms with Gasteiger partial charge in [0.05, 0.1) is 13.2 Å². The largest absolute Gasteiger partial charge is 0.490 e. The Morgan fingerprint density at radius 2 is 1.42 bits per heavy atom. The molecule has 0 unspecified atom stereocenters. The van der Waals surface area contributed by atoms with Crippen LogP contribution in [0.25, 0.3) is 0 Å². The number of dihydropyridines is 1. The maximum absolute atomic E-state index is 13.5. The highest BCUT2D eigenvalue weighted by atomic mass is 16.5. The summed E-state index contributed by atoms with van der Waals surface area (Å²) in [6.07, 6.45) is 3.48. The summed E-state index contributed by atoms with van der Waals surface area (Å²) in [6.45, 7) is 13.7. The first-order valence-electron chi connectivity index (χ1n) is 12.2. The van der Waals surface area contributed by atoms with Gasteiger partial charge in [-0.25, -0.2) is 0 Å². The van der Waals surface area contributed by atoms with Gasteiger partial charge in [-0.1, -0.05) is 40.7 Å². The molecule has 0 saturated heterocycles. The van der Waals surface area contributed by atoms with Crippen LogP contribution in [0.5, 0.6) is 11.5 Å². The number of Topliss-reactive ketones (excluding diaryl/α,β-unsaturated/α-hetero) is 2. The molecular weight excluding hydrogens is 414 g/mol. The van der Waals surface area contributed by atoms with Crippen LogP contribution in [0.1, 0.15) is 85.1 Å². The number of rotatable bonds is 6. The molecule has 5 nitrogen and oxygen atoms in total. The normalized spacial score (nSPS) is 22.0. The third kappa shape index (κ3) is 4.60. The molecule has 33 heavy (non-hydrogen) atoms. The van der Waals surface area contributed by atoms with Gasteiger partial charge in [0.2, 0.25) is 0 Å². The number of hydrogen-bond acceptors (Lipinski definition) is 5. The van der Waals surface area contributed by atoms with E-state index < -0.39 is 0 Å². The van der Waals surface area contributed by atoms with Crippen LogP contribution in [-0.4, -0.2) is 24.8 Å². The second-order valence-corrected chi connectivity index (χ2v) is 11.2. The van der Waals surface area contributed by atoms with Crippen LogP contribution < -0.4 is 14.8 Å². The standard InChI is InChI=1S/C28H37NO4/c1-7-11-33-22-10-9-17(12-23(22)32-8-2)24-25-18(13-27(3,4)15-20(25)30)29-19-14-28(5,6)16-21(31)26(19)24/h9-10,12,24,29H,7-8,11,13-16H2,1-6H3. The van der Waals surface area contributed by atoms with E-state index in [1.807, 2.05) is 25.1 Å². The Morgan fingerprint density at radius 3 is 1.94 bits per heavy atom. The molecule has 0 amide bonds. The van der Waals surface area contributed by atoms with E-state index in [0.29, 0.717) is 37.6 Å². The Kier molecular flexibility index (Phi) is 6.19. The lowest BCUT2D eigenvalue weighted by molar-refractivity contribution is -0.119. The van der Waals surface area contributed by atoms with E-state index in [-0.39, 0.29) is 28.3 Å². The first kappa shape index (κ1) is 23.6. The van der Waals surface area contributed by atoms with Crippen LogP contribution in [0.15, 0.2) is 40.7 Å². The van der Waals surface area contributed by atoms with Crippen molar-refractivity contribution < 1.29 is 19.1 Å². The number of nitrogens with one attached hydrogen (secondary N) is 1. The molecule has 0 aromatic heterocycles. The van der Waals surface area contributed by atoms with Crippen molar-refractivity contribution in [1.29, 1.82) is 0 Å². The maximum atomic E-state index is 13.5.